The summed E-state index contributed by atoms with van der Waals surface area (Å²) in [6.45, 7) is 4.11. The van der Waals surface area contributed by atoms with Crippen LogP contribution in [0.5, 0.6) is 0 Å². The van der Waals surface area contributed by atoms with Crippen molar-refractivity contribution >= 4 is 0 Å². The van der Waals surface area contributed by atoms with Gasteiger partial charge in [0.15, 0.2) is 0 Å². The van der Waals surface area contributed by atoms with Gasteiger partial charge in [0.1, 0.15) is 0 Å². The summed E-state index contributed by atoms with van der Waals surface area (Å²) in [7, 11) is 0. The van der Waals surface area contributed by atoms with Gasteiger partial charge in [-0.25, -0.2) is 0 Å². The van der Waals surface area contributed by atoms with Crippen LogP contribution in [0.2, 0.25) is 0 Å². The number of hydrogen-bond acceptors (Lipinski definition) is 1. The van der Waals surface area contributed by atoms with Gasteiger partial charge in [-0.3, -0.25) is 0 Å². The lowest BCUT2D eigenvalue weighted by Crippen LogP contribution is -2.22. The zero-order valence-electron chi connectivity index (χ0n) is 6.15. The predicted molar refractivity (Wildman–Crippen MR) is 38.2 cm³/mol. The van der Waals surface area contributed by atoms with Crippen molar-refractivity contribution in [3.63, 3.8) is 0 Å². The molecule has 1 N–H and O–H groups in total. The van der Waals surface area contributed by atoms with Gasteiger partial charge in [-0.15, -0.1) is 0 Å². The summed E-state index contributed by atoms with van der Waals surface area (Å²) in [6.07, 6.45) is 4.74. The van der Waals surface area contributed by atoms with Crippen molar-refractivity contribution in [1.29, 1.82) is 0 Å². The van der Waals surface area contributed by atoms with Gasteiger partial charge in [0.05, 0.1) is 5.60 Å². The third-order valence-corrected chi connectivity index (χ3v) is 2.10. The lowest BCUT2D eigenvalue weighted by Gasteiger charge is -2.19. The molecule has 1 nitrogen and oxygen atoms in total. The van der Waals surface area contributed by atoms with Crippen LogP contribution in [-0.2, 0) is 0 Å². The maximum Gasteiger partial charge on any atom is 0.0716 e. The minimum Gasteiger partial charge on any atom is -0.389 e. The highest BCUT2D eigenvalue weighted by atomic mass is 16.3. The van der Waals surface area contributed by atoms with Gasteiger partial charge in [-0.2, -0.15) is 0 Å². The predicted octanol–water partition coefficient (Wildman–Crippen LogP) is 1.87. The maximum absolute atomic E-state index is 9.62. The number of aliphatic hydroxyl groups is 1. The number of rotatable bonds is 1. The fourth-order valence-corrected chi connectivity index (χ4v) is 1.30. The van der Waals surface area contributed by atoms with E-state index in [9.17, 15) is 5.11 Å². The summed E-state index contributed by atoms with van der Waals surface area (Å²) in [5, 5.41) is 9.62. The van der Waals surface area contributed by atoms with Gasteiger partial charge in [0.2, 0.25) is 0 Å². The molecule has 1 aliphatic carbocycles. The fraction of sp³-hybridized carbons (Fsp3) is 0.750. The maximum atomic E-state index is 9.62. The van der Waals surface area contributed by atoms with Crippen LogP contribution < -0.4 is 0 Å². The second-order valence-corrected chi connectivity index (χ2v) is 3.01. The smallest absolute Gasteiger partial charge is 0.0716 e. The van der Waals surface area contributed by atoms with E-state index in [-0.39, 0.29) is 5.60 Å². The van der Waals surface area contributed by atoms with Crippen molar-refractivity contribution in [1.82, 2.24) is 0 Å². The van der Waals surface area contributed by atoms with Gasteiger partial charge in [0.25, 0.3) is 0 Å². The Morgan fingerprint density at radius 3 is 2.67 bits per heavy atom. The van der Waals surface area contributed by atoms with Crippen molar-refractivity contribution in [3.05, 3.63) is 11.6 Å². The van der Waals surface area contributed by atoms with Gasteiger partial charge in [0, 0.05) is 0 Å². The second kappa shape index (κ2) is 2.14. The van der Waals surface area contributed by atoms with E-state index in [1.54, 1.807) is 0 Å². The quantitative estimate of drug-likeness (QED) is 0.532. The van der Waals surface area contributed by atoms with E-state index < -0.39 is 0 Å². The molecule has 1 heteroatoms. The molecule has 52 valence electrons. The Bertz CT molecular complexity index is 138. The van der Waals surface area contributed by atoms with Crippen LogP contribution in [0.1, 0.15) is 33.1 Å². The minimum absolute atomic E-state index is 0.385. The van der Waals surface area contributed by atoms with Crippen LogP contribution in [0.4, 0.5) is 0 Å². The zero-order valence-corrected chi connectivity index (χ0v) is 6.15. The van der Waals surface area contributed by atoms with Crippen molar-refractivity contribution in [2.75, 3.05) is 0 Å². The highest BCUT2D eigenvalue weighted by molar-refractivity contribution is 5.13. The first-order valence-corrected chi connectivity index (χ1v) is 3.54. The van der Waals surface area contributed by atoms with Crippen LogP contribution in [0.15, 0.2) is 11.6 Å². The first kappa shape index (κ1) is 6.81. The van der Waals surface area contributed by atoms with E-state index in [1.807, 2.05) is 6.92 Å². The molecule has 0 bridgehead atoms. The van der Waals surface area contributed by atoms with Crippen LogP contribution in [0, 0.1) is 0 Å². The minimum atomic E-state index is -0.385. The van der Waals surface area contributed by atoms with Gasteiger partial charge >= 0.3 is 0 Å². The Morgan fingerprint density at radius 1 is 1.78 bits per heavy atom. The Kier molecular flexibility index (Phi) is 1.62. The summed E-state index contributed by atoms with van der Waals surface area (Å²) in [5.41, 5.74) is 0.948. The molecule has 0 aromatic carbocycles. The zero-order chi connectivity index (χ0) is 6.91. The second-order valence-electron chi connectivity index (χ2n) is 3.01. The lowest BCUT2D eigenvalue weighted by atomic mass is 9.97. The third-order valence-electron chi connectivity index (χ3n) is 2.10. The highest BCUT2D eigenvalue weighted by Crippen LogP contribution is 2.30. The average molecular weight is 126 g/mol. The van der Waals surface area contributed by atoms with E-state index in [0.717, 1.165) is 19.3 Å². The molecule has 0 fully saturated rings. The molecule has 0 amide bonds. The van der Waals surface area contributed by atoms with E-state index in [4.69, 9.17) is 0 Å². The third kappa shape index (κ3) is 1.33. The molecule has 0 saturated carbocycles. The van der Waals surface area contributed by atoms with Crippen molar-refractivity contribution in [2.24, 2.45) is 0 Å². The molecule has 1 rings (SSSR count). The van der Waals surface area contributed by atoms with Crippen LogP contribution in [0.25, 0.3) is 0 Å². The summed E-state index contributed by atoms with van der Waals surface area (Å²) >= 11 is 0. The molecule has 1 atom stereocenters. The molecule has 0 heterocycles. The number of hydrogen-bond donors (Lipinski definition) is 1. The molecule has 0 saturated heterocycles. The molecule has 1 unspecified atom stereocenters. The van der Waals surface area contributed by atoms with Crippen LogP contribution in [0.3, 0.4) is 0 Å². The molecule has 0 radical (unpaired) electrons. The molecule has 0 aliphatic heterocycles. The van der Waals surface area contributed by atoms with Crippen molar-refractivity contribution in [2.45, 2.75) is 38.7 Å². The molecule has 0 aromatic heterocycles. The largest absolute Gasteiger partial charge is 0.389 e. The average Bonchev–Trinajstić information content (AvgIpc) is 2.13. The Labute approximate surface area is 56.4 Å². The molecule has 0 spiro atoms. The SMILES string of the molecule is CCC1(O)CC=C(C)C1. The van der Waals surface area contributed by atoms with E-state index >= 15 is 0 Å². The molecule has 1 aliphatic rings. The summed E-state index contributed by atoms with van der Waals surface area (Å²) in [6, 6.07) is 0. The van der Waals surface area contributed by atoms with Crippen LogP contribution >= 0.6 is 0 Å². The highest BCUT2D eigenvalue weighted by Gasteiger charge is 2.27. The van der Waals surface area contributed by atoms with Crippen molar-refractivity contribution < 1.29 is 5.11 Å². The standard InChI is InChI=1S/C8H14O/c1-3-8(9)5-4-7(2)6-8/h4,9H,3,5-6H2,1-2H3. The van der Waals surface area contributed by atoms with Gasteiger partial charge in [-0.05, 0) is 26.2 Å². The summed E-state index contributed by atoms with van der Waals surface area (Å²) in [5.74, 6) is 0. The monoisotopic (exact) mass is 126 g/mol. The van der Waals surface area contributed by atoms with E-state index in [1.165, 1.54) is 5.57 Å². The van der Waals surface area contributed by atoms with Gasteiger partial charge in [-0.1, -0.05) is 18.6 Å². The van der Waals surface area contributed by atoms with Crippen LogP contribution in [-0.4, -0.2) is 10.7 Å². The first-order valence-electron chi connectivity index (χ1n) is 3.54. The Hall–Kier alpha value is -0.300. The Morgan fingerprint density at radius 2 is 2.44 bits per heavy atom. The van der Waals surface area contributed by atoms with Gasteiger partial charge < -0.3 is 5.11 Å². The summed E-state index contributed by atoms with van der Waals surface area (Å²) < 4.78 is 0. The molecule has 0 aromatic rings. The lowest BCUT2D eigenvalue weighted by molar-refractivity contribution is 0.0484. The van der Waals surface area contributed by atoms with E-state index in [2.05, 4.69) is 13.0 Å². The first-order chi connectivity index (χ1) is 4.16. The summed E-state index contributed by atoms with van der Waals surface area (Å²) in [4.78, 5) is 0. The van der Waals surface area contributed by atoms with Crippen molar-refractivity contribution in [3.8, 4) is 0 Å². The van der Waals surface area contributed by atoms with E-state index in [0.29, 0.717) is 0 Å². The molecular formula is C8H14O. The molecular weight excluding hydrogens is 112 g/mol. The normalized spacial score (nSPS) is 34.8. The fourth-order valence-electron chi connectivity index (χ4n) is 1.30. The topological polar surface area (TPSA) is 20.2 Å². The Balaban J connectivity index is 2.53. The molecule has 9 heavy (non-hydrogen) atoms.